The van der Waals surface area contributed by atoms with Crippen molar-refractivity contribution >= 4 is 34.4 Å². The molecule has 1 fully saturated rings. The SMILES string of the molecule is O=C(CSc1ccc2ccccc2n1)Nc1cc(C2CC2)nn1-c1ccccc1. The van der Waals surface area contributed by atoms with E-state index in [1.165, 1.54) is 24.6 Å². The van der Waals surface area contributed by atoms with Crippen LogP contribution < -0.4 is 5.32 Å². The molecule has 0 saturated heterocycles. The van der Waals surface area contributed by atoms with E-state index >= 15 is 0 Å². The minimum atomic E-state index is -0.0654. The van der Waals surface area contributed by atoms with Crippen LogP contribution in [0.5, 0.6) is 0 Å². The van der Waals surface area contributed by atoms with Crippen LogP contribution in [0.25, 0.3) is 16.6 Å². The Balaban J connectivity index is 1.31. The third kappa shape index (κ3) is 4.03. The molecular formula is C23H20N4OS. The van der Waals surface area contributed by atoms with Crippen molar-refractivity contribution in [2.45, 2.75) is 23.8 Å². The van der Waals surface area contributed by atoms with E-state index in [4.69, 9.17) is 5.10 Å². The first-order valence-corrected chi connectivity index (χ1v) is 10.7. The highest BCUT2D eigenvalue weighted by Crippen LogP contribution is 2.40. The van der Waals surface area contributed by atoms with Gasteiger partial charge in [-0.15, -0.1) is 0 Å². The zero-order valence-corrected chi connectivity index (χ0v) is 16.6. The summed E-state index contributed by atoms with van der Waals surface area (Å²) in [6, 6.07) is 23.9. The van der Waals surface area contributed by atoms with Crippen LogP contribution in [0.3, 0.4) is 0 Å². The lowest BCUT2D eigenvalue weighted by atomic mass is 10.2. The van der Waals surface area contributed by atoms with Gasteiger partial charge in [-0.3, -0.25) is 4.79 Å². The van der Waals surface area contributed by atoms with Crippen LogP contribution in [0, 0.1) is 0 Å². The number of para-hydroxylation sites is 2. The molecule has 1 N–H and O–H groups in total. The van der Waals surface area contributed by atoms with Crippen molar-refractivity contribution in [2.24, 2.45) is 0 Å². The molecule has 1 amide bonds. The number of anilines is 1. The second kappa shape index (κ2) is 7.72. The molecule has 0 atom stereocenters. The number of benzene rings is 2. The van der Waals surface area contributed by atoms with E-state index in [0.29, 0.717) is 11.7 Å². The molecule has 0 aliphatic heterocycles. The summed E-state index contributed by atoms with van der Waals surface area (Å²) in [5.74, 6) is 1.47. The first-order valence-electron chi connectivity index (χ1n) is 9.70. The number of amides is 1. The maximum absolute atomic E-state index is 12.6. The monoisotopic (exact) mass is 400 g/mol. The van der Waals surface area contributed by atoms with E-state index in [1.807, 2.05) is 77.5 Å². The third-order valence-electron chi connectivity index (χ3n) is 4.92. The second-order valence-corrected chi connectivity index (χ2v) is 8.15. The molecule has 5 rings (SSSR count). The van der Waals surface area contributed by atoms with E-state index in [2.05, 4.69) is 10.3 Å². The number of aromatic nitrogens is 3. The van der Waals surface area contributed by atoms with Crippen molar-refractivity contribution in [3.05, 3.63) is 78.5 Å². The summed E-state index contributed by atoms with van der Waals surface area (Å²) in [7, 11) is 0. The van der Waals surface area contributed by atoms with Gasteiger partial charge in [-0.2, -0.15) is 5.10 Å². The summed E-state index contributed by atoms with van der Waals surface area (Å²) < 4.78 is 1.82. The lowest BCUT2D eigenvalue weighted by Crippen LogP contribution is -2.17. The van der Waals surface area contributed by atoms with Gasteiger partial charge < -0.3 is 5.32 Å². The second-order valence-electron chi connectivity index (χ2n) is 7.16. The molecule has 0 bridgehead atoms. The largest absolute Gasteiger partial charge is 0.310 e. The van der Waals surface area contributed by atoms with Gasteiger partial charge in [-0.05, 0) is 37.1 Å². The number of nitrogens with zero attached hydrogens (tertiary/aromatic N) is 3. The molecule has 1 saturated carbocycles. The number of fused-ring (bicyclic) bond motifs is 1. The minimum Gasteiger partial charge on any atom is -0.310 e. The lowest BCUT2D eigenvalue weighted by molar-refractivity contribution is -0.113. The quantitative estimate of drug-likeness (QED) is 0.461. The van der Waals surface area contributed by atoms with Gasteiger partial charge in [-0.25, -0.2) is 9.67 Å². The number of thioether (sulfide) groups is 1. The number of nitrogens with one attached hydrogen (secondary N) is 1. The fraction of sp³-hybridized carbons (Fsp3) is 0.174. The summed E-state index contributed by atoms with van der Waals surface area (Å²) in [4.78, 5) is 17.2. The van der Waals surface area contributed by atoms with E-state index in [-0.39, 0.29) is 5.91 Å². The Morgan fingerprint density at radius 1 is 1.03 bits per heavy atom. The molecule has 2 aromatic carbocycles. The van der Waals surface area contributed by atoms with Crippen LogP contribution >= 0.6 is 11.8 Å². The highest BCUT2D eigenvalue weighted by molar-refractivity contribution is 7.99. The van der Waals surface area contributed by atoms with E-state index < -0.39 is 0 Å². The number of carbonyl (C=O) groups excluding carboxylic acids is 1. The fourth-order valence-electron chi connectivity index (χ4n) is 3.28. The molecule has 2 aromatic heterocycles. The fourth-order valence-corrected chi connectivity index (χ4v) is 3.96. The van der Waals surface area contributed by atoms with Gasteiger partial charge in [0.15, 0.2) is 0 Å². The molecule has 144 valence electrons. The van der Waals surface area contributed by atoms with Gasteiger partial charge in [0.05, 0.1) is 27.7 Å². The summed E-state index contributed by atoms with van der Waals surface area (Å²) in [6.07, 6.45) is 2.34. The van der Waals surface area contributed by atoms with Crippen LogP contribution in [-0.2, 0) is 4.79 Å². The molecule has 1 aliphatic rings. The van der Waals surface area contributed by atoms with E-state index in [0.717, 1.165) is 33.1 Å². The Morgan fingerprint density at radius 3 is 2.66 bits per heavy atom. The van der Waals surface area contributed by atoms with Crippen molar-refractivity contribution in [1.82, 2.24) is 14.8 Å². The highest BCUT2D eigenvalue weighted by atomic mass is 32.2. The van der Waals surface area contributed by atoms with Crippen LogP contribution in [0.2, 0.25) is 0 Å². The molecule has 0 unspecified atom stereocenters. The van der Waals surface area contributed by atoms with Gasteiger partial charge in [0.25, 0.3) is 0 Å². The van der Waals surface area contributed by atoms with Crippen LogP contribution in [0.1, 0.15) is 24.5 Å². The van der Waals surface area contributed by atoms with Crippen LogP contribution in [-0.4, -0.2) is 26.4 Å². The standard InChI is InChI=1S/C23H20N4OS/c28-22(15-29-23-13-12-16-6-4-5-9-19(16)24-23)25-21-14-20(17-10-11-17)26-27(21)18-7-2-1-3-8-18/h1-9,12-14,17H,10-11,15H2,(H,25,28). The Labute approximate surface area is 173 Å². The third-order valence-corrected chi connectivity index (χ3v) is 5.85. The number of hydrogen-bond donors (Lipinski definition) is 1. The minimum absolute atomic E-state index is 0.0654. The number of rotatable bonds is 6. The Bertz CT molecular complexity index is 1170. The molecule has 0 spiro atoms. The van der Waals surface area contributed by atoms with Crippen molar-refractivity contribution < 1.29 is 4.79 Å². The predicted molar refractivity (Wildman–Crippen MR) is 117 cm³/mol. The van der Waals surface area contributed by atoms with Crippen molar-refractivity contribution in [3.63, 3.8) is 0 Å². The molecule has 1 aliphatic carbocycles. The van der Waals surface area contributed by atoms with Gasteiger partial charge >= 0.3 is 0 Å². The number of carbonyl (C=O) groups is 1. The number of pyridine rings is 1. The molecule has 29 heavy (non-hydrogen) atoms. The maximum atomic E-state index is 12.6. The molecule has 0 radical (unpaired) electrons. The summed E-state index contributed by atoms with van der Waals surface area (Å²) in [5.41, 5.74) is 2.93. The molecule has 6 heteroatoms. The van der Waals surface area contributed by atoms with Crippen LogP contribution in [0.15, 0.2) is 77.8 Å². The molecule has 4 aromatic rings. The molecule has 5 nitrogen and oxygen atoms in total. The van der Waals surface area contributed by atoms with Crippen molar-refractivity contribution in [1.29, 1.82) is 0 Å². The van der Waals surface area contributed by atoms with Gasteiger partial charge in [0.1, 0.15) is 5.82 Å². The van der Waals surface area contributed by atoms with Gasteiger partial charge in [-0.1, -0.05) is 54.2 Å². The Kier molecular flexibility index (Phi) is 4.77. The normalized spacial score (nSPS) is 13.5. The average Bonchev–Trinajstić information content (AvgIpc) is 3.53. The Morgan fingerprint density at radius 2 is 1.83 bits per heavy atom. The number of hydrogen-bond acceptors (Lipinski definition) is 4. The lowest BCUT2D eigenvalue weighted by Gasteiger charge is -2.09. The topological polar surface area (TPSA) is 59.8 Å². The van der Waals surface area contributed by atoms with Crippen molar-refractivity contribution in [3.8, 4) is 5.69 Å². The zero-order chi connectivity index (χ0) is 19.6. The summed E-state index contributed by atoms with van der Waals surface area (Å²) in [6.45, 7) is 0. The summed E-state index contributed by atoms with van der Waals surface area (Å²) >= 11 is 1.44. The van der Waals surface area contributed by atoms with Crippen molar-refractivity contribution in [2.75, 3.05) is 11.1 Å². The zero-order valence-electron chi connectivity index (χ0n) is 15.8. The maximum Gasteiger partial charge on any atom is 0.235 e. The molecule has 2 heterocycles. The highest BCUT2D eigenvalue weighted by Gasteiger charge is 2.28. The average molecular weight is 401 g/mol. The smallest absolute Gasteiger partial charge is 0.235 e. The van der Waals surface area contributed by atoms with E-state index in [9.17, 15) is 4.79 Å². The van der Waals surface area contributed by atoms with Gasteiger partial charge in [0.2, 0.25) is 5.91 Å². The summed E-state index contributed by atoms with van der Waals surface area (Å²) in [5, 5.41) is 9.70. The predicted octanol–water partition coefficient (Wildman–Crippen LogP) is 5.03. The first-order chi connectivity index (χ1) is 14.3. The van der Waals surface area contributed by atoms with E-state index in [1.54, 1.807) is 0 Å². The van der Waals surface area contributed by atoms with Gasteiger partial charge in [0, 0.05) is 17.4 Å². The Hall–Kier alpha value is -3.12. The first kappa shape index (κ1) is 17.9. The molecular weight excluding hydrogens is 380 g/mol. The van der Waals surface area contributed by atoms with Crippen LogP contribution in [0.4, 0.5) is 5.82 Å².